The molecule has 5 heteroatoms. The number of esters is 2. The van der Waals surface area contributed by atoms with E-state index in [1.165, 1.54) is 14.0 Å². The third-order valence-electron chi connectivity index (χ3n) is 5.70. The predicted molar refractivity (Wildman–Crippen MR) is 85.7 cm³/mol. The molecule has 0 spiro atoms. The van der Waals surface area contributed by atoms with E-state index in [1.54, 1.807) is 0 Å². The summed E-state index contributed by atoms with van der Waals surface area (Å²) in [5.74, 6) is 1.70. The van der Waals surface area contributed by atoms with Gasteiger partial charge in [0.2, 0.25) is 0 Å². The van der Waals surface area contributed by atoms with Crippen molar-refractivity contribution in [1.29, 1.82) is 0 Å². The number of fused-ring (bicyclic) bond motifs is 1. The Morgan fingerprint density at radius 1 is 1.17 bits per heavy atom. The molecule has 0 aromatic heterocycles. The third-order valence-corrected chi connectivity index (χ3v) is 5.70. The van der Waals surface area contributed by atoms with Gasteiger partial charge in [0.25, 0.3) is 0 Å². The van der Waals surface area contributed by atoms with Crippen LogP contribution >= 0.6 is 0 Å². The van der Waals surface area contributed by atoms with Crippen LogP contribution in [-0.2, 0) is 23.8 Å². The first kappa shape index (κ1) is 18.2. The van der Waals surface area contributed by atoms with Crippen LogP contribution in [0.3, 0.4) is 0 Å². The molecule has 23 heavy (non-hydrogen) atoms. The van der Waals surface area contributed by atoms with E-state index in [1.807, 2.05) is 0 Å². The van der Waals surface area contributed by atoms with Gasteiger partial charge in [0.1, 0.15) is 6.10 Å². The number of methoxy groups -OCH3 is 1. The van der Waals surface area contributed by atoms with Gasteiger partial charge in [0.15, 0.2) is 0 Å². The lowest BCUT2D eigenvalue weighted by Gasteiger charge is -2.41. The molecular weight excluding hydrogens is 296 g/mol. The van der Waals surface area contributed by atoms with E-state index in [-0.39, 0.29) is 24.1 Å². The van der Waals surface area contributed by atoms with E-state index < -0.39 is 0 Å². The van der Waals surface area contributed by atoms with E-state index >= 15 is 0 Å². The molecule has 0 aromatic carbocycles. The van der Waals surface area contributed by atoms with Crippen molar-refractivity contribution in [2.45, 2.75) is 65.1 Å². The smallest absolute Gasteiger partial charge is 0.307 e. The Balaban J connectivity index is 1.93. The summed E-state index contributed by atoms with van der Waals surface area (Å²) in [5.41, 5.74) is 0. The highest BCUT2D eigenvalue weighted by Gasteiger charge is 2.48. The van der Waals surface area contributed by atoms with Gasteiger partial charge in [-0.2, -0.15) is 0 Å². The van der Waals surface area contributed by atoms with Crippen molar-refractivity contribution in [3.63, 3.8) is 0 Å². The van der Waals surface area contributed by atoms with Crippen molar-refractivity contribution in [2.75, 3.05) is 13.7 Å². The van der Waals surface area contributed by atoms with Gasteiger partial charge in [-0.15, -0.1) is 0 Å². The summed E-state index contributed by atoms with van der Waals surface area (Å²) in [5, 5.41) is 0. The zero-order valence-corrected chi connectivity index (χ0v) is 14.7. The van der Waals surface area contributed by atoms with Crippen molar-refractivity contribution in [2.24, 2.45) is 23.7 Å². The summed E-state index contributed by atoms with van der Waals surface area (Å²) in [6.07, 6.45) is 4.78. The van der Waals surface area contributed by atoms with Crippen LogP contribution in [0.15, 0.2) is 0 Å². The normalized spacial score (nSPS) is 34.5. The molecule has 0 amide bonds. The molecule has 0 aliphatic heterocycles. The SMILES string of the molecule is COC(=O)CCOC(C)C1CCC2C(OC(C)=O)CC[C@@H](C)C12. The van der Waals surface area contributed by atoms with Crippen LogP contribution in [0.4, 0.5) is 0 Å². The van der Waals surface area contributed by atoms with Crippen LogP contribution < -0.4 is 0 Å². The van der Waals surface area contributed by atoms with E-state index in [9.17, 15) is 9.59 Å². The van der Waals surface area contributed by atoms with Crippen molar-refractivity contribution < 1.29 is 23.8 Å². The molecule has 0 radical (unpaired) electrons. The van der Waals surface area contributed by atoms with Gasteiger partial charge in [-0.1, -0.05) is 6.92 Å². The zero-order chi connectivity index (χ0) is 17.0. The quantitative estimate of drug-likeness (QED) is 0.702. The van der Waals surface area contributed by atoms with Gasteiger partial charge in [0.05, 0.1) is 26.2 Å². The molecule has 0 saturated heterocycles. The second-order valence-electron chi connectivity index (χ2n) is 7.09. The molecule has 6 atom stereocenters. The summed E-state index contributed by atoms with van der Waals surface area (Å²) in [6, 6.07) is 0. The molecule has 132 valence electrons. The fraction of sp³-hybridized carbons (Fsp3) is 0.889. The Labute approximate surface area is 139 Å². The molecule has 2 aliphatic rings. The summed E-state index contributed by atoms with van der Waals surface area (Å²) < 4.78 is 16.1. The Morgan fingerprint density at radius 2 is 1.91 bits per heavy atom. The van der Waals surface area contributed by atoms with Crippen LogP contribution in [0.1, 0.15) is 52.9 Å². The average Bonchev–Trinajstić information content (AvgIpc) is 2.95. The minimum atomic E-state index is -0.234. The Kier molecular flexibility index (Phi) is 6.45. The maximum Gasteiger partial charge on any atom is 0.307 e. The Bertz CT molecular complexity index is 422. The van der Waals surface area contributed by atoms with E-state index in [0.717, 1.165) is 25.7 Å². The van der Waals surface area contributed by atoms with Gasteiger partial charge < -0.3 is 14.2 Å². The second kappa shape index (κ2) is 8.13. The van der Waals surface area contributed by atoms with Gasteiger partial charge in [-0.3, -0.25) is 9.59 Å². The number of carbonyl (C=O) groups is 2. The lowest BCUT2D eigenvalue weighted by atomic mass is 9.69. The molecule has 0 aromatic rings. The van der Waals surface area contributed by atoms with Gasteiger partial charge in [-0.25, -0.2) is 0 Å². The minimum absolute atomic E-state index is 0.0703. The topological polar surface area (TPSA) is 61.8 Å². The molecular formula is C18H30O5. The number of hydrogen-bond donors (Lipinski definition) is 0. The van der Waals surface area contributed by atoms with Crippen molar-refractivity contribution in [3.8, 4) is 0 Å². The fourth-order valence-corrected chi connectivity index (χ4v) is 4.66. The van der Waals surface area contributed by atoms with Crippen molar-refractivity contribution in [1.82, 2.24) is 0 Å². The van der Waals surface area contributed by atoms with Crippen molar-refractivity contribution >= 4 is 11.9 Å². The maximum absolute atomic E-state index is 11.3. The number of rotatable bonds is 6. The van der Waals surface area contributed by atoms with Crippen LogP contribution in [0, 0.1) is 23.7 Å². The zero-order valence-electron chi connectivity index (χ0n) is 14.7. The van der Waals surface area contributed by atoms with Crippen LogP contribution in [0.25, 0.3) is 0 Å². The Hall–Kier alpha value is -1.10. The predicted octanol–water partition coefficient (Wildman–Crippen LogP) is 2.96. The van der Waals surface area contributed by atoms with Crippen LogP contribution in [0.5, 0.6) is 0 Å². The summed E-state index contributed by atoms with van der Waals surface area (Å²) in [6.45, 7) is 6.31. The van der Waals surface area contributed by atoms with E-state index in [2.05, 4.69) is 18.6 Å². The summed E-state index contributed by atoms with van der Waals surface area (Å²) in [7, 11) is 1.40. The minimum Gasteiger partial charge on any atom is -0.469 e. The number of carbonyl (C=O) groups excluding carboxylic acids is 2. The first-order valence-corrected chi connectivity index (χ1v) is 8.79. The standard InChI is InChI=1S/C18H30O5/c1-11-5-8-16(23-13(3)19)15-7-6-14(18(11)15)12(2)22-10-9-17(20)21-4/h11-12,14-16,18H,5-10H2,1-4H3/t11-,12?,14?,15?,16?,18?/m1/s1. The highest BCUT2D eigenvalue weighted by Crippen LogP contribution is 2.51. The molecule has 0 N–H and O–H groups in total. The molecule has 2 saturated carbocycles. The third kappa shape index (κ3) is 4.46. The molecule has 2 rings (SSSR count). The molecule has 2 aliphatic carbocycles. The van der Waals surface area contributed by atoms with Gasteiger partial charge >= 0.3 is 11.9 Å². The summed E-state index contributed by atoms with van der Waals surface area (Å²) in [4.78, 5) is 22.5. The monoisotopic (exact) mass is 326 g/mol. The number of ether oxygens (including phenoxy) is 3. The van der Waals surface area contributed by atoms with E-state index in [4.69, 9.17) is 9.47 Å². The lowest BCUT2D eigenvalue weighted by Crippen LogP contribution is -2.41. The average molecular weight is 326 g/mol. The van der Waals surface area contributed by atoms with Gasteiger partial charge in [0, 0.05) is 6.92 Å². The highest BCUT2D eigenvalue weighted by atomic mass is 16.5. The van der Waals surface area contributed by atoms with Gasteiger partial charge in [-0.05, 0) is 56.3 Å². The van der Waals surface area contributed by atoms with Crippen LogP contribution in [0.2, 0.25) is 0 Å². The maximum atomic E-state index is 11.3. The molecule has 0 heterocycles. The largest absolute Gasteiger partial charge is 0.469 e. The number of hydrogen-bond acceptors (Lipinski definition) is 5. The first-order valence-electron chi connectivity index (χ1n) is 8.79. The van der Waals surface area contributed by atoms with E-state index in [0.29, 0.717) is 36.7 Å². The highest BCUT2D eigenvalue weighted by molar-refractivity contribution is 5.69. The first-order chi connectivity index (χ1) is 10.9. The van der Waals surface area contributed by atoms with Crippen LogP contribution in [-0.4, -0.2) is 37.9 Å². The molecule has 0 bridgehead atoms. The molecule has 2 fully saturated rings. The Morgan fingerprint density at radius 3 is 2.57 bits per heavy atom. The van der Waals surface area contributed by atoms with Crippen molar-refractivity contribution in [3.05, 3.63) is 0 Å². The lowest BCUT2D eigenvalue weighted by molar-refractivity contribution is -0.154. The summed E-state index contributed by atoms with van der Waals surface area (Å²) >= 11 is 0. The molecule has 5 nitrogen and oxygen atoms in total. The fourth-order valence-electron chi connectivity index (χ4n) is 4.66. The second-order valence-corrected chi connectivity index (χ2v) is 7.09. The molecule has 5 unspecified atom stereocenters.